The van der Waals surface area contributed by atoms with Crippen molar-refractivity contribution in [2.24, 2.45) is 0 Å². The van der Waals surface area contributed by atoms with Crippen LogP contribution in [0.4, 0.5) is 42.9 Å². The van der Waals surface area contributed by atoms with Gasteiger partial charge in [0, 0.05) is 33.3 Å². The summed E-state index contributed by atoms with van der Waals surface area (Å²) in [6.07, 6.45) is 0. The lowest BCUT2D eigenvalue weighted by Crippen LogP contribution is -2.14. The number of anilines is 6. The van der Waals surface area contributed by atoms with Crippen molar-refractivity contribution in [3.8, 4) is 44.5 Å². The minimum atomic E-state index is -0.704. The molecule has 12 aromatic carbocycles. The van der Waals surface area contributed by atoms with E-state index >= 15 is 8.78 Å². The lowest BCUT2D eigenvalue weighted by Gasteiger charge is -2.31. The van der Waals surface area contributed by atoms with E-state index in [9.17, 15) is 5.48 Å². The van der Waals surface area contributed by atoms with Crippen LogP contribution in [0.2, 0.25) is 0 Å². The molecule has 12 aromatic rings. The first-order valence-corrected chi connectivity index (χ1v) is 25.4. The smallest absolute Gasteiger partial charge is 0.155 e. The third kappa shape index (κ3) is 8.35. The Morgan fingerprint density at radius 1 is 0.316 bits per heavy atom. The van der Waals surface area contributed by atoms with Gasteiger partial charge in [0.15, 0.2) is 11.6 Å². The van der Waals surface area contributed by atoms with Gasteiger partial charge >= 0.3 is 0 Å². The molecule has 4 heteroatoms. The van der Waals surface area contributed by atoms with Gasteiger partial charge in [-0.05, 0) is 193 Å². The van der Waals surface area contributed by atoms with Gasteiger partial charge < -0.3 is 9.80 Å². The summed E-state index contributed by atoms with van der Waals surface area (Å²) in [6.45, 7) is 15.7. The van der Waals surface area contributed by atoms with Crippen molar-refractivity contribution in [1.82, 2.24) is 0 Å². The quantitative estimate of drug-likeness (QED) is 0.126. The maximum absolute atomic E-state index is 18.7. The van der Waals surface area contributed by atoms with Crippen LogP contribution in [0.5, 0.6) is 0 Å². The van der Waals surface area contributed by atoms with Gasteiger partial charge in [0.1, 0.15) is 0 Å². The predicted molar refractivity (Wildman–Crippen MR) is 319 cm³/mol. The molecule has 0 fully saturated rings. The highest BCUT2D eigenvalue weighted by Crippen LogP contribution is 2.51. The van der Waals surface area contributed by atoms with Gasteiger partial charge in [0.25, 0.3) is 0 Å². The van der Waals surface area contributed by atoms with Crippen molar-refractivity contribution in [2.75, 3.05) is 9.80 Å². The highest BCUT2D eigenvalue weighted by molar-refractivity contribution is 6.28. The monoisotopic (exact) mass is 999 g/mol. The normalized spacial score (nSPS) is 13.4. The zero-order valence-electron chi connectivity index (χ0n) is 53.5. The number of hydrogen-bond donors (Lipinski definition) is 0. The van der Waals surface area contributed by atoms with Crippen molar-refractivity contribution in [3.05, 3.63) is 262 Å². The summed E-state index contributed by atoms with van der Waals surface area (Å²) in [5.74, 6) is -1.41. The summed E-state index contributed by atoms with van der Waals surface area (Å²) < 4.78 is 129. The topological polar surface area (TPSA) is 6.48 Å². The first-order chi connectivity index (χ1) is 40.9. The number of nitrogens with zero attached hydrogens (tertiary/aromatic N) is 2. The molecule has 0 aliphatic carbocycles. The van der Waals surface area contributed by atoms with Crippen molar-refractivity contribution in [2.45, 2.75) is 55.4 Å². The van der Waals surface area contributed by atoms with E-state index in [2.05, 4.69) is 0 Å². The molecule has 0 aliphatic heterocycles. The number of hydrogen-bond acceptors (Lipinski definition) is 2. The molecule has 0 bridgehead atoms. The van der Waals surface area contributed by atoms with E-state index in [4.69, 9.17) is 8.22 Å². The maximum Gasteiger partial charge on any atom is 0.155 e. The Morgan fingerprint density at radius 2 is 0.645 bits per heavy atom. The Hall–Kier alpha value is -8.86. The average molecular weight is 999 g/mol. The largest absolute Gasteiger partial charge is 0.307 e. The van der Waals surface area contributed by atoms with Crippen LogP contribution in [0.15, 0.2) is 206 Å². The second-order valence-corrected chi connectivity index (χ2v) is 20.2. The fourth-order valence-electron chi connectivity index (χ4n) is 11.4. The lowest BCUT2D eigenvalue weighted by molar-refractivity contribution is 0.632. The van der Waals surface area contributed by atoms with Crippen molar-refractivity contribution >= 4 is 66.4 Å². The second-order valence-electron chi connectivity index (χ2n) is 20.2. The molecule has 0 N–H and O–H groups in total. The third-order valence-electron chi connectivity index (χ3n) is 14.8. The van der Waals surface area contributed by atoms with Gasteiger partial charge in [-0.3, -0.25) is 0 Å². The summed E-state index contributed by atoms with van der Waals surface area (Å²) in [5, 5.41) is 3.61. The van der Waals surface area contributed by atoms with Gasteiger partial charge in [0.2, 0.25) is 0 Å². The molecule has 0 spiro atoms. The average Bonchev–Trinajstić information content (AvgIpc) is 0.780. The third-order valence-corrected chi connectivity index (χ3v) is 14.8. The number of benzene rings is 12. The molecule has 0 radical (unpaired) electrons. The summed E-state index contributed by atoms with van der Waals surface area (Å²) in [4.78, 5) is 2.87. The Kier molecular flexibility index (Phi) is 9.51. The van der Waals surface area contributed by atoms with E-state index in [-0.39, 0.29) is 45.3 Å². The molecule has 0 atom stereocenters. The molecule has 0 saturated carbocycles. The van der Waals surface area contributed by atoms with E-state index in [1.54, 1.807) is 36.4 Å². The van der Waals surface area contributed by atoms with E-state index in [0.717, 1.165) is 55.6 Å². The van der Waals surface area contributed by atoms with E-state index in [0.29, 0.717) is 54.6 Å². The van der Waals surface area contributed by atoms with Gasteiger partial charge in [-0.15, -0.1) is 0 Å². The Morgan fingerprint density at radius 3 is 0.987 bits per heavy atom. The number of para-hydroxylation sites is 2. The zero-order valence-corrected chi connectivity index (χ0v) is 43.5. The molecular weight excluding hydrogens is 931 g/mol. The molecular formula is C72H58F2N2. The van der Waals surface area contributed by atoms with Gasteiger partial charge in [-0.25, -0.2) is 8.78 Å². The number of rotatable bonds is 10. The molecule has 0 amide bonds. The highest BCUT2D eigenvalue weighted by Gasteiger charge is 2.28. The Bertz CT molecular complexity index is 4500. The van der Waals surface area contributed by atoms with E-state index in [1.165, 1.54) is 9.80 Å². The van der Waals surface area contributed by atoms with Crippen LogP contribution in [0.25, 0.3) is 76.8 Å². The van der Waals surface area contributed by atoms with Crippen molar-refractivity contribution in [3.63, 3.8) is 0 Å². The Labute approximate surface area is 459 Å². The summed E-state index contributed by atoms with van der Waals surface area (Å²) in [6, 6.07) is 39.1. The van der Waals surface area contributed by atoms with Crippen LogP contribution in [-0.2, 0) is 0 Å². The molecule has 0 aromatic heterocycles. The van der Waals surface area contributed by atoms with Crippen LogP contribution in [0, 0.1) is 67.0 Å². The molecule has 2 nitrogen and oxygen atoms in total. The summed E-state index contributed by atoms with van der Waals surface area (Å²) in [5.41, 5.74) is 11.7. The molecule has 0 heterocycles. The zero-order chi connectivity index (χ0) is 61.2. The standard InChI is InChI=1S/C72H58F2N2/c1-43-19-27-57(47(5)35-43)53-39-63(59-29-21-45(3)37-49(59)7)71(73)67(41-53)75(55-15-11-9-12-16-55)65-33-25-51-24-32-62-66(34-26-52-23-31-61(65)69(51)70(52)62)76(56-17-13-10-14-18-56)68-42-54(58-28-20-44(2)36-48(58)6)40-64(72(68)74)60-30-22-46(4)38-50(60)8/h9-42H,1-8H3/i9D,10D,11D,12D,13D,14D,15D,16D,17D,18D. The first kappa shape index (κ1) is 37.8. The fourth-order valence-corrected chi connectivity index (χ4v) is 11.4. The summed E-state index contributed by atoms with van der Waals surface area (Å²) >= 11 is 0. The van der Waals surface area contributed by atoms with Crippen LogP contribution in [-0.4, -0.2) is 0 Å². The molecule has 0 unspecified atom stereocenters. The Balaban J connectivity index is 1.20. The minimum absolute atomic E-state index is 0.0853. The van der Waals surface area contributed by atoms with Crippen LogP contribution < -0.4 is 9.80 Å². The van der Waals surface area contributed by atoms with E-state index in [1.807, 2.05) is 165 Å². The van der Waals surface area contributed by atoms with Crippen LogP contribution >= 0.6 is 0 Å². The lowest BCUT2D eigenvalue weighted by atomic mass is 9.90. The number of aryl methyl sites for hydroxylation is 8. The fraction of sp³-hybridized carbons (Fsp3) is 0.111. The summed E-state index contributed by atoms with van der Waals surface area (Å²) in [7, 11) is 0. The van der Waals surface area contributed by atoms with Crippen molar-refractivity contribution in [1.29, 1.82) is 0 Å². The van der Waals surface area contributed by atoms with Gasteiger partial charge in [-0.1, -0.05) is 168 Å². The molecule has 76 heavy (non-hydrogen) atoms. The second kappa shape index (κ2) is 19.1. The predicted octanol–water partition coefficient (Wildman–Crippen LogP) is 20.9. The molecule has 12 rings (SSSR count). The maximum atomic E-state index is 18.7. The van der Waals surface area contributed by atoms with Gasteiger partial charge in [0.05, 0.1) is 36.5 Å². The van der Waals surface area contributed by atoms with Crippen molar-refractivity contribution < 1.29 is 22.5 Å². The highest BCUT2D eigenvalue weighted by atomic mass is 19.1. The minimum Gasteiger partial charge on any atom is -0.307 e. The van der Waals surface area contributed by atoms with E-state index < -0.39 is 72.1 Å². The first-order valence-electron chi connectivity index (χ1n) is 30.4. The van der Waals surface area contributed by atoms with Crippen LogP contribution in [0.3, 0.4) is 0 Å². The molecule has 0 aliphatic rings. The molecule has 0 saturated heterocycles. The SMILES string of the molecule is [2H]c1c([2H])c([2H])c(N(c2cc(-c3ccc(C)cc3C)cc(-c3ccc(C)cc3C)c2F)c2ccc3ccc4c(N(c5cc(-c6ccc(C)cc6C)cc(-c6ccc(C)cc6C)c5F)c5c([2H])c([2H])c([2H])c([2H])c5[2H])ccc5ccc2c3c54)c([2H])c1[2H]. The van der Waals surface area contributed by atoms with Gasteiger partial charge in [-0.2, -0.15) is 0 Å². The molecule has 370 valence electrons. The number of halogens is 2. The van der Waals surface area contributed by atoms with Crippen LogP contribution in [0.1, 0.15) is 58.2 Å².